The molecule has 0 amide bonds. The Morgan fingerprint density at radius 1 is 1.32 bits per heavy atom. The summed E-state index contributed by atoms with van der Waals surface area (Å²) in [5, 5.41) is 22.8. The molecule has 2 unspecified atom stereocenters. The van der Waals surface area contributed by atoms with Crippen molar-refractivity contribution >= 4 is 0 Å². The van der Waals surface area contributed by atoms with E-state index >= 15 is 0 Å². The molecule has 2 heterocycles. The minimum absolute atomic E-state index is 0.114. The number of nitrogens with zero attached hydrogens (tertiary/aromatic N) is 1. The third kappa shape index (κ3) is 2.09. The Bertz CT molecular complexity index is 487. The molecule has 2 aliphatic heterocycles. The van der Waals surface area contributed by atoms with Gasteiger partial charge in [-0.2, -0.15) is 0 Å². The number of phenolic OH excluding ortho intramolecular Hbond substituents is 2. The summed E-state index contributed by atoms with van der Waals surface area (Å²) in [7, 11) is 0. The maximum atomic E-state index is 9.93. The number of rotatable bonds is 2. The highest BCUT2D eigenvalue weighted by Crippen LogP contribution is 2.42. The molecule has 4 nitrogen and oxygen atoms in total. The molecule has 0 aliphatic carbocycles. The van der Waals surface area contributed by atoms with Gasteiger partial charge >= 0.3 is 0 Å². The van der Waals surface area contributed by atoms with Gasteiger partial charge in [0, 0.05) is 36.8 Å². The van der Waals surface area contributed by atoms with Crippen molar-refractivity contribution in [3.05, 3.63) is 23.8 Å². The van der Waals surface area contributed by atoms with Crippen LogP contribution in [0.4, 0.5) is 0 Å². The van der Waals surface area contributed by atoms with E-state index in [1.807, 2.05) is 6.07 Å². The van der Waals surface area contributed by atoms with E-state index in [4.69, 9.17) is 0 Å². The van der Waals surface area contributed by atoms with Gasteiger partial charge in [-0.3, -0.25) is 4.90 Å². The molecule has 0 bridgehead atoms. The molecule has 0 aromatic heterocycles. The minimum Gasteiger partial charge on any atom is -0.508 e. The van der Waals surface area contributed by atoms with Gasteiger partial charge < -0.3 is 15.5 Å². The third-order valence-electron chi connectivity index (χ3n) is 4.95. The Hall–Kier alpha value is -1.26. The van der Waals surface area contributed by atoms with Crippen molar-refractivity contribution in [1.82, 2.24) is 10.2 Å². The summed E-state index contributed by atoms with van der Waals surface area (Å²) in [4.78, 5) is 2.45. The first-order valence-electron chi connectivity index (χ1n) is 6.95. The highest BCUT2D eigenvalue weighted by molar-refractivity contribution is 5.39. The number of benzene rings is 1. The molecular formula is C15H22N2O2. The Labute approximate surface area is 114 Å². The molecular weight excluding hydrogens is 240 g/mol. The van der Waals surface area contributed by atoms with Crippen LogP contribution < -0.4 is 5.32 Å². The predicted molar refractivity (Wildman–Crippen MR) is 74.1 cm³/mol. The molecule has 2 saturated heterocycles. The lowest BCUT2D eigenvalue weighted by Gasteiger charge is -2.35. The minimum atomic E-state index is 0.114. The van der Waals surface area contributed by atoms with Crippen molar-refractivity contribution in [3.63, 3.8) is 0 Å². The SMILES string of the molecule is CC1(C)C2CNCC2CN1Cc1ccc(O)cc1O. The molecule has 3 rings (SSSR count). The summed E-state index contributed by atoms with van der Waals surface area (Å²) in [6.45, 7) is 8.60. The van der Waals surface area contributed by atoms with Crippen LogP contribution in [-0.4, -0.2) is 40.3 Å². The number of aromatic hydroxyl groups is 2. The van der Waals surface area contributed by atoms with Gasteiger partial charge in [-0.25, -0.2) is 0 Å². The normalized spacial score (nSPS) is 29.6. The molecule has 19 heavy (non-hydrogen) atoms. The molecule has 0 saturated carbocycles. The fraction of sp³-hybridized carbons (Fsp3) is 0.600. The summed E-state index contributed by atoms with van der Waals surface area (Å²) in [6, 6.07) is 4.87. The van der Waals surface area contributed by atoms with E-state index in [2.05, 4.69) is 24.1 Å². The van der Waals surface area contributed by atoms with Crippen LogP contribution in [0.3, 0.4) is 0 Å². The largest absolute Gasteiger partial charge is 0.508 e. The van der Waals surface area contributed by atoms with Crippen molar-refractivity contribution in [2.24, 2.45) is 11.8 Å². The second kappa shape index (κ2) is 4.39. The topological polar surface area (TPSA) is 55.7 Å². The maximum absolute atomic E-state index is 9.93. The van der Waals surface area contributed by atoms with E-state index in [1.165, 1.54) is 6.07 Å². The van der Waals surface area contributed by atoms with Crippen LogP contribution >= 0.6 is 0 Å². The first-order chi connectivity index (χ1) is 8.98. The van der Waals surface area contributed by atoms with E-state index in [1.54, 1.807) is 6.07 Å². The third-order valence-corrected chi connectivity index (χ3v) is 4.95. The van der Waals surface area contributed by atoms with Gasteiger partial charge in [0.15, 0.2) is 0 Å². The first kappa shape index (κ1) is 12.8. The molecule has 3 N–H and O–H groups in total. The molecule has 0 radical (unpaired) electrons. The van der Waals surface area contributed by atoms with Crippen LogP contribution in [0.25, 0.3) is 0 Å². The van der Waals surface area contributed by atoms with E-state index < -0.39 is 0 Å². The summed E-state index contributed by atoms with van der Waals surface area (Å²) in [5.74, 6) is 1.70. The predicted octanol–water partition coefficient (Wildman–Crippen LogP) is 1.53. The monoisotopic (exact) mass is 262 g/mol. The number of hydrogen-bond acceptors (Lipinski definition) is 4. The van der Waals surface area contributed by atoms with Gasteiger partial charge in [0.05, 0.1) is 0 Å². The van der Waals surface area contributed by atoms with Crippen LogP contribution in [0.2, 0.25) is 0 Å². The summed E-state index contributed by atoms with van der Waals surface area (Å²) >= 11 is 0. The second-order valence-electron chi connectivity index (χ2n) is 6.37. The zero-order valence-corrected chi connectivity index (χ0v) is 11.6. The number of hydrogen-bond donors (Lipinski definition) is 3. The van der Waals surface area contributed by atoms with Gasteiger partial charge in [-0.05, 0) is 38.3 Å². The zero-order chi connectivity index (χ0) is 13.6. The Morgan fingerprint density at radius 2 is 2.11 bits per heavy atom. The van der Waals surface area contributed by atoms with Gasteiger partial charge in [-0.15, -0.1) is 0 Å². The molecule has 104 valence electrons. The highest BCUT2D eigenvalue weighted by Gasteiger charge is 2.49. The molecule has 0 spiro atoms. The summed E-state index contributed by atoms with van der Waals surface area (Å²) in [5.41, 5.74) is 1.04. The Morgan fingerprint density at radius 3 is 2.79 bits per heavy atom. The van der Waals surface area contributed by atoms with Crippen molar-refractivity contribution in [1.29, 1.82) is 0 Å². The van der Waals surface area contributed by atoms with Gasteiger partial charge in [0.1, 0.15) is 11.5 Å². The standard InChI is InChI=1S/C15H22N2O2/c1-15(2)13-7-16-6-11(13)9-17(15)8-10-3-4-12(18)5-14(10)19/h3-5,11,13,16,18-19H,6-9H2,1-2H3. The molecule has 1 aromatic rings. The van der Waals surface area contributed by atoms with E-state index in [9.17, 15) is 10.2 Å². The van der Waals surface area contributed by atoms with Crippen LogP contribution in [0.5, 0.6) is 11.5 Å². The number of fused-ring (bicyclic) bond motifs is 1. The Balaban J connectivity index is 1.80. The van der Waals surface area contributed by atoms with Gasteiger partial charge in [-0.1, -0.05) is 6.07 Å². The van der Waals surface area contributed by atoms with Crippen molar-refractivity contribution in [2.75, 3.05) is 19.6 Å². The number of phenols is 2. The lowest BCUT2D eigenvalue weighted by molar-refractivity contribution is 0.131. The van der Waals surface area contributed by atoms with E-state index in [0.717, 1.165) is 31.7 Å². The molecule has 2 fully saturated rings. The number of likely N-dealkylation sites (tertiary alicyclic amines) is 1. The second-order valence-corrected chi connectivity index (χ2v) is 6.37. The molecule has 2 aliphatic rings. The van der Waals surface area contributed by atoms with Crippen LogP contribution in [-0.2, 0) is 6.54 Å². The lowest BCUT2D eigenvalue weighted by atomic mass is 9.85. The van der Waals surface area contributed by atoms with E-state index in [-0.39, 0.29) is 17.0 Å². The average Bonchev–Trinajstić information content (AvgIpc) is 2.87. The van der Waals surface area contributed by atoms with Gasteiger partial charge in [0.25, 0.3) is 0 Å². The average molecular weight is 262 g/mol. The maximum Gasteiger partial charge on any atom is 0.123 e. The fourth-order valence-electron chi connectivity index (χ4n) is 3.66. The quantitative estimate of drug-likeness (QED) is 0.756. The summed E-state index contributed by atoms with van der Waals surface area (Å²) in [6.07, 6.45) is 0. The lowest BCUT2D eigenvalue weighted by Crippen LogP contribution is -2.43. The van der Waals surface area contributed by atoms with Gasteiger partial charge in [0.2, 0.25) is 0 Å². The van der Waals surface area contributed by atoms with Crippen LogP contribution in [0.1, 0.15) is 19.4 Å². The summed E-state index contributed by atoms with van der Waals surface area (Å²) < 4.78 is 0. The van der Waals surface area contributed by atoms with Crippen LogP contribution in [0, 0.1) is 11.8 Å². The zero-order valence-electron chi connectivity index (χ0n) is 11.6. The van der Waals surface area contributed by atoms with Crippen molar-refractivity contribution in [3.8, 4) is 11.5 Å². The first-order valence-corrected chi connectivity index (χ1v) is 6.95. The number of nitrogens with one attached hydrogen (secondary N) is 1. The Kier molecular flexibility index (Phi) is 2.95. The molecule has 2 atom stereocenters. The van der Waals surface area contributed by atoms with E-state index in [0.29, 0.717) is 11.8 Å². The van der Waals surface area contributed by atoms with Crippen LogP contribution in [0.15, 0.2) is 18.2 Å². The van der Waals surface area contributed by atoms with Crippen molar-refractivity contribution in [2.45, 2.75) is 25.9 Å². The van der Waals surface area contributed by atoms with Crippen molar-refractivity contribution < 1.29 is 10.2 Å². The molecule has 1 aromatic carbocycles. The fourth-order valence-corrected chi connectivity index (χ4v) is 3.66. The smallest absolute Gasteiger partial charge is 0.123 e. The highest BCUT2D eigenvalue weighted by atomic mass is 16.3. The molecule has 4 heteroatoms.